The van der Waals surface area contributed by atoms with Gasteiger partial charge in [-0.25, -0.2) is 0 Å². The van der Waals surface area contributed by atoms with Crippen molar-refractivity contribution in [2.45, 2.75) is 0 Å². The van der Waals surface area contributed by atoms with Crippen molar-refractivity contribution in [3.63, 3.8) is 0 Å². The van der Waals surface area contributed by atoms with Gasteiger partial charge in [-0.05, 0) is 6.07 Å². The summed E-state index contributed by atoms with van der Waals surface area (Å²) >= 11 is 0. The van der Waals surface area contributed by atoms with Crippen molar-refractivity contribution in [2.75, 3.05) is 13.1 Å². The van der Waals surface area contributed by atoms with Crippen LogP contribution in [0.2, 0.25) is 0 Å². The van der Waals surface area contributed by atoms with Crippen molar-refractivity contribution in [2.24, 2.45) is 5.73 Å². The van der Waals surface area contributed by atoms with Crippen molar-refractivity contribution >= 4 is 5.91 Å². The van der Waals surface area contributed by atoms with Crippen LogP contribution in [0.1, 0.15) is 5.56 Å². The first-order chi connectivity index (χ1) is 6.33. The van der Waals surface area contributed by atoms with Crippen LogP contribution in [0.5, 0.6) is 0 Å². The quantitative estimate of drug-likeness (QED) is 0.611. The zero-order valence-electron chi connectivity index (χ0n) is 7.04. The predicted octanol–water partition coefficient (Wildman–Crippen LogP) is -0.294. The number of rotatable bonds is 2. The predicted molar refractivity (Wildman–Crippen MR) is 47.7 cm³/mol. The first kappa shape index (κ1) is 9.36. The molecule has 0 saturated carbocycles. The highest BCUT2D eigenvalue weighted by Gasteiger charge is 1.91. The zero-order valence-corrected chi connectivity index (χ0v) is 7.04. The maximum absolute atomic E-state index is 10.7. The Morgan fingerprint density at radius 2 is 2.54 bits per heavy atom. The molecule has 0 unspecified atom stereocenters. The Hall–Kier alpha value is -1.73. The highest BCUT2D eigenvalue weighted by atomic mass is 16.3. The van der Waals surface area contributed by atoms with Crippen molar-refractivity contribution in [3.05, 3.63) is 24.2 Å². The minimum atomic E-state index is -0.207. The van der Waals surface area contributed by atoms with Gasteiger partial charge in [-0.2, -0.15) is 0 Å². The topological polar surface area (TPSA) is 68.3 Å². The summed E-state index contributed by atoms with van der Waals surface area (Å²) in [5.74, 6) is 5.35. The fraction of sp³-hybridized carbons (Fsp3) is 0.222. The molecule has 0 aromatic carbocycles. The standard InChI is InChI=1S/C9H10N2O2/c10-6-9(12)11-4-1-2-8-3-5-13-7-8/h3,5,7H,4,6,10H2,(H,11,12). The van der Waals surface area contributed by atoms with Gasteiger partial charge in [0.2, 0.25) is 5.91 Å². The van der Waals surface area contributed by atoms with E-state index in [9.17, 15) is 4.79 Å². The van der Waals surface area contributed by atoms with Gasteiger partial charge in [0.15, 0.2) is 0 Å². The summed E-state index contributed by atoms with van der Waals surface area (Å²) in [4.78, 5) is 10.7. The Morgan fingerprint density at radius 1 is 1.69 bits per heavy atom. The molecule has 13 heavy (non-hydrogen) atoms. The van der Waals surface area contributed by atoms with E-state index in [0.717, 1.165) is 5.56 Å². The third-order valence-corrected chi connectivity index (χ3v) is 1.31. The van der Waals surface area contributed by atoms with E-state index in [1.807, 2.05) is 0 Å². The molecule has 0 radical (unpaired) electrons. The van der Waals surface area contributed by atoms with Crippen LogP contribution in [-0.2, 0) is 4.79 Å². The van der Waals surface area contributed by atoms with Crippen LogP contribution in [0.15, 0.2) is 23.0 Å². The molecule has 0 aliphatic carbocycles. The molecule has 1 aromatic rings. The summed E-state index contributed by atoms with van der Waals surface area (Å²) in [6.45, 7) is 0.300. The number of carbonyl (C=O) groups is 1. The lowest BCUT2D eigenvalue weighted by atomic mass is 10.3. The highest BCUT2D eigenvalue weighted by Crippen LogP contribution is 1.95. The minimum absolute atomic E-state index is 0.00656. The molecule has 1 amide bonds. The van der Waals surface area contributed by atoms with Gasteiger partial charge in [0, 0.05) is 0 Å². The number of hydrogen-bond acceptors (Lipinski definition) is 3. The van der Waals surface area contributed by atoms with Crippen molar-refractivity contribution < 1.29 is 9.21 Å². The van der Waals surface area contributed by atoms with Crippen molar-refractivity contribution in [1.82, 2.24) is 5.32 Å². The number of hydrogen-bond donors (Lipinski definition) is 2. The normalized spacial score (nSPS) is 8.69. The molecule has 68 valence electrons. The Morgan fingerprint density at radius 3 is 3.15 bits per heavy atom. The van der Waals surface area contributed by atoms with Crippen LogP contribution in [0.3, 0.4) is 0 Å². The monoisotopic (exact) mass is 178 g/mol. The number of nitrogens with one attached hydrogen (secondary N) is 1. The molecule has 1 heterocycles. The van der Waals surface area contributed by atoms with Crippen LogP contribution in [-0.4, -0.2) is 19.0 Å². The minimum Gasteiger partial charge on any atom is -0.471 e. The zero-order chi connectivity index (χ0) is 9.52. The third kappa shape index (κ3) is 3.45. The van der Waals surface area contributed by atoms with Gasteiger partial charge in [-0.1, -0.05) is 11.8 Å². The first-order valence-corrected chi connectivity index (χ1v) is 3.81. The molecule has 4 heteroatoms. The average molecular weight is 178 g/mol. The average Bonchev–Trinajstić information content (AvgIpc) is 2.64. The number of furan rings is 1. The van der Waals surface area contributed by atoms with E-state index < -0.39 is 0 Å². The lowest BCUT2D eigenvalue weighted by Gasteiger charge is -1.94. The largest absolute Gasteiger partial charge is 0.471 e. The van der Waals surface area contributed by atoms with Crippen LogP contribution < -0.4 is 11.1 Å². The molecule has 3 N–H and O–H groups in total. The van der Waals surface area contributed by atoms with Gasteiger partial charge in [-0.3, -0.25) is 4.79 Å². The van der Waals surface area contributed by atoms with Gasteiger partial charge in [0.05, 0.1) is 24.9 Å². The third-order valence-electron chi connectivity index (χ3n) is 1.31. The van der Waals surface area contributed by atoms with Crippen molar-refractivity contribution in [3.8, 4) is 11.8 Å². The molecule has 1 aromatic heterocycles. The van der Waals surface area contributed by atoms with E-state index in [1.165, 1.54) is 6.26 Å². The van der Waals surface area contributed by atoms with E-state index in [1.54, 1.807) is 12.3 Å². The Bertz CT molecular complexity index is 319. The van der Waals surface area contributed by atoms with Crippen LogP contribution in [0, 0.1) is 11.8 Å². The molecule has 0 spiro atoms. The fourth-order valence-electron chi connectivity index (χ4n) is 0.697. The summed E-state index contributed by atoms with van der Waals surface area (Å²) in [5, 5.41) is 2.53. The molecule has 4 nitrogen and oxygen atoms in total. The summed E-state index contributed by atoms with van der Waals surface area (Å²) in [6, 6.07) is 1.75. The summed E-state index contributed by atoms with van der Waals surface area (Å²) in [7, 11) is 0. The molecular weight excluding hydrogens is 168 g/mol. The molecule has 0 saturated heterocycles. The maximum atomic E-state index is 10.7. The van der Waals surface area contributed by atoms with E-state index in [4.69, 9.17) is 10.2 Å². The Labute approximate surface area is 76.1 Å². The van der Waals surface area contributed by atoms with Gasteiger partial charge in [-0.15, -0.1) is 0 Å². The van der Waals surface area contributed by atoms with Gasteiger partial charge in [0.1, 0.15) is 6.26 Å². The van der Waals surface area contributed by atoms with Crippen LogP contribution in [0.25, 0.3) is 0 Å². The second-order valence-electron chi connectivity index (χ2n) is 2.29. The first-order valence-electron chi connectivity index (χ1n) is 3.81. The number of nitrogens with two attached hydrogens (primary N) is 1. The second-order valence-corrected chi connectivity index (χ2v) is 2.29. The molecule has 0 atom stereocenters. The van der Waals surface area contributed by atoms with E-state index in [2.05, 4.69) is 17.2 Å². The summed E-state index contributed by atoms with van der Waals surface area (Å²) in [5.41, 5.74) is 5.87. The van der Waals surface area contributed by atoms with Crippen LogP contribution in [0.4, 0.5) is 0 Å². The lowest BCUT2D eigenvalue weighted by molar-refractivity contribution is -0.119. The second kappa shape index (κ2) is 5.01. The Kier molecular flexibility index (Phi) is 3.61. The van der Waals surface area contributed by atoms with Gasteiger partial charge in [0.25, 0.3) is 0 Å². The maximum Gasteiger partial charge on any atom is 0.234 e. The number of amides is 1. The highest BCUT2D eigenvalue weighted by molar-refractivity contribution is 5.77. The molecule has 0 fully saturated rings. The molecule has 0 aliphatic heterocycles. The van der Waals surface area contributed by atoms with Gasteiger partial charge >= 0.3 is 0 Å². The SMILES string of the molecule is NCC(=O)NCC#Cc1ccoc1. The summed E-state index contributed by atoms with van der Waals surface area (Å²) < 4.78 is 4.80. The number of carbonyl (C=O) groups excluding carboxylic acids is 1. The molecular formula is C9H10N2O2. The molecule has 0 bridgehead atoms. The van der Waals surface area contributed by atoms with Crippen LogP contribution >= 0.6 is 0 Å². The van der Waals surface area contributed by atoms with Crippen molar-refractivity contribution in [1.29, 1.82) is 0 Å². The Balaban J connectivity index is 2.30. The van der Waals surface area contributed by atoms with Gasteiger partial charge < -0.3 is 15.5 Å². The van der Waals surface area contributed by atoms with E-state index in [0.29, 0.717) is 6.54 Å². The van der Waals surface area contributed by atoms with E-state index in [-0.39, 0.29) is 12.5 Å². The molecule has 0 aliphatic rings. The summed E-state index contributed by atoms with van der Waals surface area (Å²) in [6.07, 6.45) is 3.08. The lowest BCUT2D eigenvalue weighted by Crippen LogP contribution is -2.30. The molecule has 1 rings (SSSR count). The smallest absolute Gasteiger partial charge is 0.234 e. The van der Waals surface area contributed by atoms with E-state index >= 15 is 0 Å². The fourth-order valence-corrected chi connectivity index (χ4v) is 0.697.